The average Bonchev–Trinajstić information content (AvgIpc) is 3.33. The molecule has 32 heavy (non-hydrogen) atoms. The maximum atomic E-state index is 9.96. The zero-order valence-corrected chi connectivity index (χ0v) is 19.0. The van der Waals surface area contributed by atoms with Crippen molar-refractivity contribution in [2.24, 2.45) is 5.92 Å². The number of anilines is 1. The van der Waals surface area contributed by atoms with Crippen molar-refractivity contribution in [2.45, 2.75) is 25.9 Å². The lowest BCUT2D eigenvalue weighted by molar-refractivity contribution is 0.108. The van der Waals surface area contributed by atoms with Gasteiger partial charge in [0.25, 0.3) is 0 Å². The molecule has 0 spiro atoms. The predicted octanol–water partition coefficient (Wildman–Crippen LogP) is 1.83. The number of likely N-dealkylation sites (N-methyl/N-ethyl adjacent to an activating group) is 1. The second kappa shape index (κ2) is 11.0. The zero-order chi connectivity index (χ0) is 22.3. The van der Waals surface area contributed by atoms with E-state index in [4.69, 9.17) is 24.2 Å². The third kappa shape index (κ3) is 5.75. The fourth-order valence-electron chi connectivity index (χ4n) is 4.17. The van der Waals surface area contributed by atoms with E-state index in [0.717, 1.165) is 67.6 Å². The van der Waals surface area contributed by atoms with Crippen LogP contribution in [0.25, 0.3) is 11.3 Å². The number of hydrogen-bond acceptors (Lipinski definition) is 8. The maximum Gasteiger partial charge on any atom is 0.226 e. The van der Waals surface area contributed by atoms with Crippen molar-refractivity contribution >= 4 is 5.95 Å². The Labute approximate surface area is 189 Å². The molecule has 0 radical (unpaired) electrons. The van der Waals surface area contributed by atoms with Crippen molar-refractivity contribution < 1.29 is 19.3 Å². The lowest BCUT2D eigenvalue weighted by Crippen LogP contribution is -2.37. The quantitative estimate of drug-likeness (QED) is 0.608. The number of morpholine rings is 1. The fraction of sp³-hybridized carbons (Fsp3) is 0.583. The van der Waals surface area contributed by atoms with Gasteiger partial charge in [-0.2, -0.15) is 0 Å². The zero-order valence-electron chi connectivity index (χ0n) is 19.0. The summed E-state index contributed by atoms with van der Waals surface area (Å²) in [7, 11) is 1.81. The number of ether oxygens (including phenoxy) is 3. The molecule has 174 valence electrons. The van der Waals surface area contributed by atoms with Crippen LogP contribution >= 0.6 is 0 Å². The van der Waals surface area contributed by atoms with E-state index in [1.54, 1.807) is 0 Å². The smallest absolute Gasteiger partial charge is 0.226 e. The highest BCUT2D eigenvalue weighted by Crippen LogP contribution is 2.30. The molecule has 8 nitrogen and oxygen atoms in total. The standard InChI is InChI=1S/C24H34N4O4/c1-17-22(12-18-6-9-31-15-18)26-24(28-7-10-30-11-8-28)27-23(17)19-4-3-5-21(13-19)32-16-20(29)14-25-2/h3-5,13,18,20,25,29H,6-12,14-16H2,1-2H3/t18-,20?/m1/s1. The van der Waals surface area contributed by atoms with Crippen LogP contribution in [-0.4, -0.2) is 80.9 Å². The first-order valence-corrected chi connectivity index (χ1v) is 11.5. The molecule has 2 saturated heterocycles. The summed E-state index contributed by atoms with van der Waals surface area (Å²) < 4.78 is 16.9. The Morgan fingerprint density at radius 3 is 2.81 bits per heavy atom. The number of nitrogens with one attached hydrogen (secondary N) is 1. The van der Waals surface area contributed by atoms with Gasteiger partial charge in [-0.15, -0.1) is 0 Å². The van der Waals surface area contributed by atoms with Gasteiger partial charge in [0.05, 0.1) is 18.9 Å². The van der Waals surface area contributed by atoms with E-state index >= 15 is 0 Å². The Balaban J connectivity index is 1.63. The summed E-state index contributed by atoms with van der Waals surface area (Å²) in [6.45, 7) is 7.42. The summed E-state index contributed by atoms with van der Waals surface area (Å²) in [4.78, 5) is 12.2. The minimum absolute atomic E-state index is 0.235. The Bertz CT molecular complexity index is 882. The van der Waals surface area contributed by atoms with Gasteiger partial charge < -0.3 is 29.5 Å². The summed E-state index contributed by atoms with van der Waals surface area (Å²) in [5, 5.41) is 12.9. The van der Waals surface area contributed by atoms with Crippen LogP contribution in [0.4, 0.5) is 5.95 Å². The molecule has 2 aromatic rings. The Kier molecular flexibility index (Phi) is 7.91. The second-order valence-electron chi connectivity index (χ2n) is 8.53. The molecule has 2 atom stereocenters. The van der Waals surface area contributed by atoms with Crippen LogP contribution < -0.4 is 15.0 Å². The number of aromatic nitrogens is 2. The molecule has 0 saturated carbocycles. The van der Waals surface area contributed by atoms with Gasteiger partial charge in [0.2, 0.25) is 5.95 Å². The van der Waals surface area contributed by atoms with Gasteiger partial charge in [0, 0.05) is 44.1 Å². The summed E-state index contributed by atoms with van der Waals surface area (Å²) >= 11 is 0. The first-order valence-electron chi connectivity index (χ1n) is 11.5. The van der Waals surface area contributed by atoms with Crippen molar-refractivity contribution in [1.29, 1.82) is 0 Å². The van der Waals surface area contributed by atoms with E-state index in [-0.39, 0.29) is 6.61 Å². The normalized spacial score (nSPS) is 19.8. The van der Waals surface area contributed by atoms with Crippen LogP contribution in [0.1, 0.15) is 17.7 Å². The van der Waals surface area contributed by atoms with Gasteiger partial charge in [-0.05, 0) is 50.4 Å². The third-order valence-electron chi connectivity index (χ3n) is 6.02. The van der Waals surface area contributed by atoms with Crippen LogP contribution in [0.3, 0.4) is 0 Å². The number of aliphatic hydroxyl groups excluding tert-OH is 1. The maximum absolute atomic E-state index is 9.96. The highest BCUT2D eigenvalue weighted by molar-refractivity contribution is 5.67. The van der Waals surface area contributed by atoms with Crippen LogP contribution in [0.15, 0.2) is 24.3 Å². The average molecular weight is 443 g/mol. The number of hydrogen-bond donors (Lipinski definition) is 2. The van der Waals surface area contributed by atoms with E-state index in [2.05, 4.69) is 23.2 Å². The lowest BCUT2D eigenvalue weighted by atomic mass is 9.97. The van der Waals surface area contributed by atoms with Crippen molar-refractivity contribution in [3.8, 4) is 17.0 Å². The van der Waals surface area contributed by atoms with Crippen LogP contribution in [0.5, 0.6) is 5.75 Å². The molecule has 2 fully saturated rings. The van der Waals surface area contributed by atoms with Crippen molar-refractivity contribution in [3.05, 3.63) is 35.5 Å². The molecule has 1 aromatic heterocycles. The van der Waals surface area contributed by atoms with Gasteiger partial charge >= 0.3 is 0 Å². The molecule has 1 aromatic carbocycles. The fourth-order valence-corrected chi connectivity index (χ4v) is 4.17. The highest BCUT2D eigenvalue weighted by Gasteiger charge is 2.23. The number of aliphatic hydroxyl groups is 1. The number of nitrogens with zero attached hydrogens (tertiary/aromatic N) is 3. The molecule has 0 bridgehead atoms. The van der Waals surface area contributed by atoms with E-state index in [0.29, 0.717) is 31.4 Å². The van der Waals surface area contributed by atoms with Gasteiger partial charge in [-0.25, -0.2) is 9.97 Å². The summed E-state index contributed by atoms with van der Waals surface area (Å²) in [5.41, 5.74) is 4.10. The lowest BCUT2D eigenvalue weighted by Gasteiger charge is -2.28. The minimum Gasteiger partial charge on any atom is -0.491 e. The van der Waals surface area contributed by atoms with Gasteiger partial charge in [-0.1, -0.05) is 12.1 Å². The monoisotopic (exact) mass is 442 g/mol. The van der Waals surface area contributed by atoms with E-state index in [9.17, 15) is 5.11 Å². The minimum atomic E-state index is -0.558. The Morgan fingerprint density at radius 1 is 1.22 bits per heavy atom. The highest BCUT2D eigenvalue weighted by atomic mass is 16.5. The van der Waals surface area contributed by atoms with Crippen LogP contribution in [0, 0.1) is 12.8 Å². The summed E-state index contributed by atoms with van der Waals surface area (Å²) in [6, 6.07) is 7.92. The van der Waals surface area contributed by atoms with E-state index in [1.807, 2.05) is 25.2 Å². The summed E-state index contributed by atoms with van der Waals surface area (Å²) in [6.07, 6.45) is 1.41. The molecule has 8 heteroatoms. The SMILES string of the molecule is CNCC(O)COc1cccc(-c2nc(N3CCOCC3)nc(C[C@H]3CCOC3)c2C)c1. The third-order valence-corrected chi connectivity index (χ3v) is 6.02. The van der Waals surface area contributed by atoms with Crippen LogP contribution in [-0.2, 0) is 15.9 Å². The Morgan fingerprint density at radius 2 is 2.06 bits per heavy atom. The number of rotatable bonds is 9. The molecule has 0 aliphatic carbocycles. The second-order valence-corrected chi connectivity index (χ2v) is 8.53. The first kappa shape index (κ1) is 22.9. The molecule has 0 amide bonds. The van der Waals surface area contributed by atoms with Gasteiger partial charge in [0.15, 0.2) is 0 Å². The van der Waals surface area contributed by atoms with E-state index < -0.39 is 6.10 Å². The van der Waals surface area contributed by atoms with E-state index in [1.165, 1.54) is 0 Å². The van der Waals surface area contributed by atoms with Gasteiger partial charge in [-0.3, -0.25) is 0 Å². The van der Waals surface area contributed by atoms with Crippen LogP contribution in [0.2, 0.25) is 0 Å². The molecule has 4 rings (SSSR count). The van der Waals surface area contributed by atoms with Crippen molar-refractivity contribution in [1.82, 2.24) is 15.3 Å². The van der Waals surface area contributed by atoms with Crippen molar-refractivity contribution in [3.63, 3.8) is 0 Å². The molecule has 1 unspecified atom stereocenters. The first-order chi connectivity index (χ1) is 15.6. The Hall–Kier alpha value is -2.26. The predicted molar refractivity (Wildman–Crippen MR) is 123 cm³/mol. The van der Waals surface area contributed by atoms with Gasteiger partial charge in [0.1, 0.15) is 18.5 Å². The molecular formula is C24H34N4O4. The molecular weight excluding hydrogens is 408 g/mol. The largest absolute Gasteiger partial charge is 0.491 e. The molecule has 3 heterocycles. The molecule has 2 aliphatic heterocycles. The molecule has 2 N–H and O–H groups in total. The van der Waals surface area contributed by atoms with Crippen molar-refractivity contribution in [2.75, 3.05) is 64.6 Å². The topological polar surface area (TPSA) is 89.0 Å². The number of benzene rings is 1. The molecule has 2 aliphatic rings. The summed E-state index contributed by atoms with van der Waals surface area (Å²) in [5.74, 6) is 1.98.